The van der Waals surface area contributed by atoms with Crippen molar-refractivity contribution in [3.8, 4) is 0 Å². The Balaban J connectivity index is 1.59. The highest BCUT2D eigenvalue weighted by Gasteiger charge is 2.21. The van der Waals surface area contributed by atoms with Crippen molar-refractivity contribution in [2.45, 2.75) is 31.8 Å². The predicted octanol–water partition coefficient (Wildman–Crippen LogP) is 4.09. The van der Waals surface area contributed by atoms with E-state index in [0.29, 0.717) is 29.4 Å². The van der Waals surface area contributed by atoms with E-state index in [2.05, 4.69) is 10.6 Å². The maximum absolute atomic E-state index is 12.6. The quantitative estimate of drug-likeness (QED) is 0.484. The Labute approximate surface area is 209 Å². The topological polar surface area (TPSA) is 105 Å². The van der Waals surface area contributed by atoms with Crippen molar-refractivity contribution in [2.24, 2.45) is 0 Å². The lowest BCUT2D eigenvalue weighted by Crippen LogP contribution is -2.32. The fraction of sp³-hybridized carbons (Fsp3) is 0.391. The first-order chi connectivity index (χ1) is 16.1. The van der Waals surface area contributed by atoms with Crippen molar-refractivity contribution >= 4 is 56.4 Å². The highest BCUT2D eigenvalue weighted by Crippen LogP contribution is 2.31. The molecule has 0 radical (unpaired) electrons. The van der Waals surface area contributed by atoms with E-state index in [-0.39, 0.29) is 48.0 Å². The average Bonchev–Trinajstić information content (AvgIpc) is 3.30. The molecule has 0 unspecified atom stereocenters. The number of nitrogens with one attached hydrogen (secondary N) is 2. The van der Waals surface area contributed by atoms with Crippen LogP contribution in [0.1, 0.15) is 36.0 Å². The van der Waals surface area contributed by atoms with Gasteiger partial charge in [-0.1, -0.05) is 35.3 Å². The normalized spacial score (nSPS) is 15.7. The molecule has 1 aliphatic heterocycles. The van der Waals surface area contributed by atoms with Crippen LogP contribution in [0.25, 0.3) is 0 Å². The lowest BCUT2D eigenvalue weighted by molar-refractivity contribution is -0.116. The number of anilines is 2. The summed E-state index contributed by atoms with van der Waals surface area (Å²) in [6, 6.07) is 11.3. The number of benzene rings is 2. The molecule has 2 aromatic carbocycles. The molecule has 0 aromatic heterocycles. The molecule has 34 heavy (non-hydrogen) atoms. The van der Waals surface area contributed by atoms with Crippen LogP contribution in [0.2, 0.25) is 10.0 Å². The molecule has 1 saturated heterocycles. The van der Waals surface area contributed by atoms with Crippen LogP contribution in [0.3, 0.4) is 0 Å². The van der Waals surface area contributed by atoms with E-state index in [4.69, 9.17) is 27.9 Å². The number of carbonyl (C=O) groups is 2. The molecule has 184 valence electrons. The lowest BCUT2D eigenvalue weighted by Gasteiger charge is -2.23. The summed E-state index contributed by atoms with van der Waals surface area (Å²) in [7, 11) is -3.65. The maximum atomic E-state index is 12.6. The van der Waals surface area contributed by atoms with Crippen LogP contribution in [0, 0.1) is 0 Å². The second kappa shape index (κ2) is 11.9. The van der Waals surface area contributed by atoms with Gasteiger partial charge in [0.1, 0.15) is 0 Å². The van der Waals surface area contributed by atoms with Gasteiger partial charge in [-0.2, -0.15) is 0 Å². The van der Waals surface area contributed by atoms with Crippen LogP contribution >= 0.6 is 23.2 Å². The van der Waals surface area contributed by atoms with Crippen LogP contribution in [0.5, 0.6) is 0 Å². The molecule has 8 nitrogen and oxygen atoms in total. The molecule has 1 fully saturated rings. The van der Waals surface area contributed by atoms with Gasteiger partial charge in [0.25, 0.3) is 5.91 Å². The van der Waals surface area contributed by atoms with E-state index in [1.54, 1.807) is 30.3 Å². The Morgan fingerprint density at radius 3 is 2.65 bits per heavy atom. The summed E-state index contributed by atoms with van der Waals surface area (Å²) < 4.78 is 31.3. The first-order valence-electron chi connectivity index (χ1n) is 10.9. The predicted molar refractivity (Wildman–Crippen MR) is 134 cm³/mol. The van der Waals surface area contributed by atoms with Crippen LogP contribution in [-0.4, -0.2) is 52.3 Å². The Bertz CT molecular complexity index is 1140. The molecule has 2 amide bonds. The van der Waals surface area contributed by atoms with Crippen molar-refractivity contribution in [2.75, 3.05) is 35.6 Å². The van der Waals surface area contributed by atoms with Crippen molar-refractivity contribution in [1.29, 1.82) is 0 Å². The van der Waals surface area contributed by atoms with Gasteiger partial charge < -0.3 is 15.4 Å². The monoisotopic (exact) mass is 527 g/mol. The smallest absolute Gasteiger partial charge is 0.253 e. The number of sulfonamides is 1. The number of rotatable bonds is 10. The number of carbonyl (C=O) groups excluding carboxylic acids is 2. The third-order valence-corrected chi connectivity index (χ3v) is 7.04. The van der Waals surface area contributed by atoms with Gasteiger partial charge in [0, 0.05) is 31.1 Å². The first kappa shape index (κ1) is 26.3. The number of ether oxygens (including phenoxy) is 1. The van der Waals surface area contributed by atoms with Crippen LogP contribution in [-0.2, 0) is 19.6 Å². The summed E-state index contributed by atoms with van der Waals surface area (Å²) in [4.78, 5) is 25.2. The molecule has 1 heterocycles. The number of hydrogen-bond acceptors (Lipinski definition) is 5. The van der Waals surface area contributed by atoms with Gasteiger partial charge in [-0.05, 0) is 49.6 Å². The Hall–Kier alpha value is -2.33. The molecule has 11 heteroatoms. The fourth-order valence-electron chi connectivity index (χ4n) is 3.63. The minimum Gasteiger partial charge on any atom is -0.376 e. The fourth-order valence-corrected chi connectivity index (χ4v) is 5.04. The third-order valence-electron chi connectivity index (χ3n) is 5.30. The zero-order valence-corrected chi connectivity index (χ0v) is 21.0. The summed E-state index contributed by atoms with van der Waals surface area (Å²) in [5.74, 6) is -0.643. The summed E-state index contributed by atoms with van der Waals surface area (Å²) >= 11 is 12.2. The van der Waals surface area contributed by atoms with Crippen molar-refractivity contribution in [1.82, 2.24) is 5.32 Å². The summed E-state index contributed by atoms with van der Waals surface area (Å²) in [6.07, 6.45) is 3.23. The van der Waals surface area contributed by atoms with Crippen LogP contribution in [0.4, 0.5) is 11.4 Å². The van der Waals surface area contributed by atoms with Crippen LogP contribution in [0.15, 0.2) is 42.5 Å². The maximum Gasteiger partial charge on any atom is 0.253 e. The van der Waals surface area contributed by atoms with Crippen molar-refractivity contribution in [3.63, 3.8) is 0 Å². The molecule has 2 N–H and O–H groups in total. The number of para-hydroxylation sites is 1. The van der Waals surface area contributed by atoms with E-state index >= 15 is 0 Å². The molecule has 0 saturated carbocycles. The number of nitrogens with zero attached hydrogens (tertiary/aromatic N) is 1. The summed E-state index contributed by atoms with van der Waals surface area (Å²) in [5, 5.41) is 6.18. The molecule has 1 aliphatic rings. The molecule has 0 bridgehead atoms. The first-order valence-corrected chi connectivity index (χ1v) is 13.5. The minimum atomic E-state index is -3.65. The Kier molecular flexibility index (Phi) is 9.18. The van der Waals surface area contributed by atoms with Crippen molar-refractivity contribution in [3.05, 3.63) is 58.1 Å². The lowest BCUT2D eigenvalue weighted by atomic mass is 10.1. The number of hydrogen-bond donors (Lipinski definition) is 2. The second-order valence-corrected chi connectivity index (χ2v) is 10.7. The van der Waals surface area contributed by atoms with E-state index < -0.39 is 10.0 Å². The largest absolute Gasteiger partial charge is 0.376 e. The zero-order chi connectivity index (χ0) is 24.7. The Morgan fingerprint density at radius 1 is 1.18 bits per heavy atom. The minimum absolute atomic E-state index is 0.0106. The van der Waals surface area contributed by atoms with Crippen LogP contribution < -0.4 is 14.9 Å². The van der Waals surface area contributed by atoms with E-state index in [1.165, 1.54) is 12.1 Å². The van der Waals surface area contributed by atoms with Gasteiger partial charge in [0.15, 0.2) is 0 Å². The number of halogens is 2. The Morgan fingerprint density at radius 2 is 1.94 bits per heavy atom. The van der Waals surface area contributed by atoms with Gasteiger partial charge in [0.05, 0.1) is 34.3 Å². The molecule has 1 atom stereocenters. The van der Waals surface area contributed by atoms with Crippen molar-refractivity contribution < 1.29 is 22.7 Å². The molecule has 2 aromatic rings. The molecule has 0 spiro atoms. The van der Waals surface area contributed by atoms with Gasteiger partial charge in [-0.3, -0.25) is 13.9 Å². The molecule has 3 rings (SSSR count). The number of amides is 2. The molecule has 0 aliphatic carbocycles. The average molecular weight is 528 g/mol. The molecular weight excluding hydrogens is 501 g/mol. The van der Waals surface area contributed by atoms with Gasteiger partial charge >= 0.3 is 0 Å². The standard InChI is InChI=1S/C23H27Cl2N3O5S/c1-34(31,32)28(21-14-16(24)10-11-19(21)25)12-4-9-22(29)27-20-8-3-2-7-18(20)23(30)26-15-17-6-5-13-33-17/h2-3,7-8,10-11,14,17H,4-6,9,12-13,15H2,1H3,(H,26,30)(H,27,29)/t17-/m0/s1. The molecular formula is C23H27Cl2N3O5S. The second-order valence-electron chi connectivity index (χ2n) is 7.97. The van der Waals surface area contributed by atoms with E-state index in [1.807, 2.05) is 0 Å². The van der Waals surface area contributed by atoms with Gasteiger partial charge in [0.2, 0.25) is 15.9 Å². The summed E-state index contributed by atoms with van der Waals surface area (Å²) in [5.41, 5.74) is 0.984. The van der Waals surface area contributed by atoms with Gasteiger partial charge in [-0.25, -0.2) is 8.42 Å². The third kappa shape index (κ3) is 7.33. The van der Waals surface area contributed by atoms with E-state index in [0.717, 1.165) is 23.4 Å². The van der Waals surface area contributed by atoms with E-state index in [9.17, 15) is 18.0 Å². The highest BCUT2D eigenvalue weighted by molar-refractivity contribution is 7.92. The van der Waals surface area contributed by atoms with Gasteiger partial charge in [-0.15, -0.1) is 0 Å². The SMILES string of the molecule is CS(=O)(=O)N(CCCC(=O)Nc1ccccc1C(=O)NC[C@@H]1CCCO1)c1cc(Cl)ccc1Cl. The summed E-state index contributed by atoms with van der Waals surface area (Å²) in [6.45, 7) is 1.15. The zero-order valence-electron chi connectivity index (χ0n) is 18.7. The highest BCUT2D eigenvalue weighted by atomic mass is 35.5.